The molecule has 1 heterocycles. The molecule has 0 bridgehead atoms. The van der Waals surface area contributed by atoms with Crippen LogP contribution in [0.25, 0.3) is 0 Å². The van der Waals surface area contributed by atoms with Crippen LogP contribution in [0.3, 0.4) is 0 Å². The highest BCUT2D eigenvalue weighted by Crippen LogP contribution is 2.25. The van der Waals surface area contributed by atoms with Crippen LogP contribution in [0.2, 0.25) is 0 Å². The number of carbonyl (C=O) groups is 1. The molecule has 0 fully saturated rings. The number of aromatic amines is 1. The predicted molar refractivity (Wildman–Crippen MR) is 84.3 cm³/mol. The Labute approximate surface area is 129 Å². The van der Waals surface area contributed by atoms with Gasteiger partial charge in [0.15, 0.2) is 10.6 Å². The quantitative estimate of drug-likeness (QED) is 0.199. The van der Waals surface area contributed by atoms with Crippen molar-refractivity contribution in [2.45, 2.75) is 57.0 Å². The van der Waals surface area contributed by atoms with E-state index < -0.39 is 5.97 Å². The van der Waals surface area contributed by atoms with Crippen LogP contribution in [-0.2, 0) is 9.53 Å². The lowest BCUT2D eigenvalue weighted by Gasteiger charge is -2.16. The number of H-pyrrole nitrogens is 1. The van der Waals surface area contributed by atoms with Crippen molar-refractivity contribution in [2.24, 2.45) is 0 Å². The summed E-state index contributed by atoms with van der Waals surface area (Å²) in [7, 11) is 0. The van der Waals surface area contributed by atoms with Gasteiger partial charge in [-0.3, -0.25) is 4.79 Å². The molecule has 1 N–H and O–H groups in total. The molecular formula is C15H22N2O3S. The number of carbonyl (C=O) groups excluding carboxylic acids is 1. The summed E-state index contributed by atoms with van der Waals surface area (Å²) in [6.45, 7) is 9.00. The number of aryl methyl sites for hydroxylation is 1. The van der Waals surface area contributed by atoms with Crippen molar-refractivity contribution < 1.29 is 9.53 Å². The highest BCUT2D eigenvalue weighted by molar-refractivity contribution is 7.99. The zero-order valence-corrected chi connectivity index (χ0v) is 13.6. The topological polar surface area (TPSA) is 72.0 Å². The van der Waals surface area contributed by atoms with Crippen molar-refractivity contribution in [3.05, 3.63) is 34.3 Å². The lowest BCUT2D eigenvalue weighted by atomic mass is 10.2. The molecular weight excluding hydrogens is 288 g/mol. The summed E-state index contributed by atoms with van der Waals surface area (Å²) < 4.78 is 5.39. The molecule has 1 atom stereocenters. The number of hydrogen-bond acceptors (Lipinski definition) is 5. The molecule has 0 aromatic carbocycles. The average molecular weight is 310 g/mol. The third-order valence-corrected chi connectivity index (χ3v) is 3.85. The molecule has 1 unspecified atom stereocenters. The van der Waals surface area contributed by atoms with Crippen LogP contribution >= 0.6 is 11.8 Å². The van der Waals surface area contributed by atoms with E-state index in [0.717, 1.165) is 25.7 Å². The van der Waals surface area contributed by atoms with Gasteiger partial charge >= 0.3 is 5.97 Å². The Bertz CT molecular complexity index is 554. The summed E-state index contributed by atoms with van der Waals surface area (Å²) in [5.41, 5.74) is 0.375. The second-order valence-corrected chi connectivity index (χ2v) is 6.08. The summed E-state index contributed by atoms with van der Waals surface area (Å²) in [5, 5.41) is 0.460. The Morgan fingerprint density at radius 2 is 2.24 bits per heavy atom. The fourth-order valence-corrected chi connectivity index (χ4v) is 2.48. The van der Waals surface area contributed by atoms with E-state index in [0.29, 0.717) is 16.3 Å². The van der Waals surface area contributed by atoms with Crippen LogP contribution in [0.5, 0.6) is 0 Å². The maximum Gasteiger partial charge on any atom is 0.334 e. The molecule has 6 heteroatoms. The van der Waals surface area contributed by atoms with E-state index in [1.165, 1.54) is 18.0 Å². The Balaban J connectivity index is 2.74. The second kappa shape index (κ2) is 8.67. The van der Waals surface area contributed by atoms with Crippen molar-refractivity contribution in [1.82, 2.24) is 9.97 Å². The standard InChI is InChI=1S/C15H22N2O3S/c1-5-6-7-8-12(20-14(19)10(2)3)21-15-16-9-11(4)13(18)17-15/h9,12H,2,5-8H2,1,3-4H3,(H,16,17,18). The van der Waals surface area contributed by atoms with Crippen molar-refractivity contribution >= 4 is 17.7 Å². The minimum Gasteiger partial charge on any atom is -0.447 e. The molecule has 0 aliphatic heterocycles. The van der Waals surface area contributed by atoms with Gasteiger partial charge in [0.1, 0.15) is 0 Å². The summed E-state index contributed by atoms with van der Waals surface area (Å²) >= 11 is 1.26. The molecule has 0 saturated heterocycles. The highest BCUT2D eigenvalue weighted by Gasteiger charge is 2.17. The van der Waals surface area contributed by atoms with Gasteiger partial charge in [-0.15, -0.1) is 0 Å². The monoisotopic (exact) mass is 310 g/mol. The van der Waals surface area contributed by atoms with E-state index in [4.69, 9.17) is 4.74 Å². The minimum atomic E-state index is -0.418. The Morgan fingerprint density at radius 3 is 2.81 bits per heavy atom. The summed E-state index contributed by atoms with van der Waals surface area (Å²) in [5.74, 6) is -0.418. The molecule has 1 aromatic heterocycles. The third-order valence-electron chi connectivity index (χ3n) is 2.83. The van der Waals surface area contributed by atoms with E-state index in [1.54, 1.807) is 13.8 Å². The van der Waals surface area contributed by atoms with E-state index in [1.807, 2.05) is 0 Å². The van der Waals surface area contributed by atoms with Crippen LogP contribution in [0.1, 0.15) is 45.1 Å². The molecule has 0 aliphatic carbocycles. The maximum atomic E-state index is 11.7. The molecule has 0 aliphatic rings. The van der Waals surface area contributed by atoms with Crippen molar-refractivity contribution in [3.8, 4) is 0 Å². The van der Waals surface area contributed by atoms with Gasteiger partial charge in [-0.1, -0.05) is 26.3 Å². The summed E-state index contributed by atoms with van der Waals surface area (Å²) in [6, 6.07) is 0. The van der Waals surface area contributed by atoms with Gasteiger partial charge in [0.2, 0.25) is 0 Å². The Morgan fingerprint density at radius 1 is 1.52 bits per heavy atom. The predicted octanol–water partition coefficient (Wildman–Crippen LogP) is 3.20. The molecule has 0 radical (unpaired) electrons. The van der Waals surface area contributed by atoms with Gasteiger partial charge in [-0.25, -0.2) is 9.78 Å². The first kappa shape index (κ1) is 17.5. The third kappa shape index (κ3) is 6.16. The van der Waals surface area contributed by atoms with Crippen molar-refractivity contribution in [2.75, 3.05) is 0 Å². The largest absolute Gasteiger partial charge is 0.447 e. The molecule has 21 heavy (non-hydrogen) atoms. The fraction of sp³-hybridized carbons (Fsp3) is 0.533. The fourth-order valence-electron chi connectivity index (χ4n) is 1.55. The van der Waals surface area contributed by atoms with Crippen molar-refractivity contribution in [1.29, 1.82) is 0 Å². The molecule has 0 amide bonds. The lowest BCUT2D eigenvalue weighted by molar-refractivity contribution is -0.140. The number of unbranched alkanes of at least 4 members (excludes halogenated alkanes) is 2. The lowest BCUT2D eigenvalue weighted by Crippen LogP contribution is -2.18. The van der Waals surface area contributed by atoms with Crippen molar-refractivity contribution in [3.63, 3.8) is 0 Å². The van der Waals surface area contributed by atoms with Crippen LogP contribution in [0.4, 0.5) is 0 Å². The molecule has 0 saturated carbocycles. The number of rotatable bonds is 8. The molecule has 5 nitrogen and oxygen atoms in total. The number of hydrogen-bond donors (Lipinski definition) is 1. The zero-order valence-electron chi connectivity index (χ0n) is 12.8. The highest BCUT2D eigenvalue weighted by atomic mass is 32.2. The van der Waals surface area contributed by atoms with E-state index in [-0.39, 0.29) is 11.0 Å². The number of esters is 1. The van der Waals surface area contributed by atoms with Crippen LogP contribution < -0.4 is 5.56 Å². The SMILES string of the molecule is C=C(C)C(=O)OC(CCCCC)Sc1ncc(C)c(=O)[nH]1. The first-order valence-electron chi connectivity index (χ1n) is 7.03. The molecule has 0 spiro atoms. The van der Waals surface area contributed by atoms with Gasteiger partial charge in [-0.2, -0.15) is 0 Å². The number of thioether (sulfide) groups is 1. The zero-order chi connectivity index (χ0) is 15.8. The van der Waals surface area contributed by atoms with E-state index in [2.05, 4.69) is 23.5 Å². The minimum absolute atomic E-state index is 0.175. The van der Waals surface area contributed by atoms with Gasteiger partial charge in [-0.05, 0) is 38.5 Å². The number of nitrogens with zero attached hydrogens (tertiary/aromatic N) is 1. The Kier molecular flexibility index (Phi) is 7.22. The van der Waals surface area contributed by atoms with Gasteiger partial charge in [0, 0.05) is 17.3 Å². The first-order valence-corrected chi connectivity index (χ1v) is 7.91. The van der Waals surface area contributed by atoms with Crippen LogP contribution in [-0.4, -0.2) is 21.4 Å². The first-order chi connectivity index (χ1) is 9.93. The van der Waals surface area contributed by atoms with E-state index >= 15 is 0 Å². The maximum absolute atomic E-state index is 11.7. The second-order valence-electron chi connectivity index (χ2n) is 4.93. The van der Waals surface area contributed by atoms with Crippen LogP contribution in [0, 0.1) is 6.92 Å². The number of ether oxygens (including phenoxy) is 1. The van der Waals surface area contributed by atoms with E-state index in [9.17, 15) is 9.59 Å². The number of nitrogens with one attached hydrogen (secondary N) is 1. The molecule has 1 aromatic rings. The average Bonchev–Trinajstić information content (AvgIpc) is 2.43. The molecule has 1 rings (SSSR count). The normalized spacial score (nSPS) is 12.0. The van der Waals surface area contributed by atoms with Crippen LogP contribution in [0.15, 0.2) is 28.3 Å². The Hall–Kier alpha value is -1.56. The smallest absolute Gasteiger partial charge is 0.334 e. The molecule has 116 valence electrons. The van der Waals surface area contributed by atoms with Gasteiger partial charge in [0.25, 0.3) is 5.56 Å². The number of aromatic nitrogens is 2. The van der Waals surface area contributed by atoms with Gasteiger partial charge in [0.05, 0.1) is 0 Å². The van der Waals surface area contributed by atoms with Gasteiger partial charge < -0.3 is 9.72 Å². The summed E-state index contributed by atoms with van der Waals surface area (Å²) in [4.78, 5) is 30.1. The summed E-state index contributed by atoms with van der Waals surface area (Å²) in [6.07, 6.45) is 5.35.